The topological polar surface area (TPSA) is 12.0 Å². The van der Waals surface area contributed by atoms with Crippen molar-refractivity contribution >= 4 is 22.1 Å². The van der Waals surface area contributed by atoms with Gasteiger partial charge in [0.25, 0.3) is 0 Å². The van der Waals surface area contributed by atoms with Gasteiger partial charge in [0.15, 0.2) is 0 Å². The molecule has 0 saturated heterocycles. The first-order valence-electron chi connectivity index (χ1n) is 14.5. The molecule has 1 heteroatoms. The molecule has 0 amide bonds. The molecule has 7 aromatic rings. The van der Waals surface area contributed by atoms with Crippen molar-refractivity contribution in [1.29, 1.82) is 0 Å². The maximum absolute atomic E-state index is 3.80. The molecule has 0 saturated carbocycles. The van der Waals surface area contributed by atoms with Crippen molar-refractivity contribution in [3.05, 3.63) is 192 Å². The molecule has 198 valence electrons. The van der Waals surface area contributed by atoms with Gasteiger partial charge in [-0.25, -0.2) is 0 Å². The summed E-state index contributed by atoms with van der Waals surface area (Å²) >= 11 is 0. The predicted octanol–water partition coefficient (Wildman–Crippen LogP) is 10.6. The molecule has 1 atom stereocenters. The molecule has 8 rings (SSSR count). The fraction of sp³-hybridized carbons (Fsp3) is 0.0244. The Balaban J connectivity index is 1.37. The van der Waals surface area contributed by atoms with Gasteiger partial charge in [0.1, 0.15) is 0 Å². The average molecular weight is 536 g/mol. The van der Waals surface area contributed by atoms with E-state index in [0.29, 0.717) is 0 Å². The Labute approximate surface area is 246 Å². The zero-order chi connectivity index (χ0) is 27.9. The highest BCUT2D eigenvalue weighted by atomic mass is 14.9. The van der Waals surface area contributed by atoms with E-state index < -0.39 is 5.41 Å². The minimum atomic E-state index is -0.451. The highest BCUT2D eigenvalue weighted by Crippen LogP contribution is 2.57. The van der Waals surface area contributed by atoms with Crippen molar-refractivity contribution in [3.63, 3.8) is 0 Å². The van der Waals surface area contributed by atoms with E-state index in [1.54, 1.807) is 0 Å². The van der Waals surface area contributed by atoms with Gasteiger partial charge in [-0.1, -0.05) is 146 Å². The van der Waals surface area contributed by atoms with Gasteiger partial charge in [0.2, 0.25) is 0 Å². The second-order valence-electron chi connectivity index (χ2n) is 11.0. The van der Waals surface area contributed by atoms with Crippen LogP contribution in [0.4, 0.5) is 11.4 Å². The third-order valence-electron chi connectivity index (χ3n) is 8.72. The van der Waals surface area contributed by atoms with Crippen molar-refractivity contribution in [3.8, 4) is 22.3 Å². The fourth-order valence-corrected chi connectivity index (χ4v) is 6.87. The molecule has 1 unspecified atom stereocenters. The molecular formula is C41H29N. The summed E-state index contributed by atoms with van der Waals surface area (Å²) in [5.74, 6) is 0. The number of anilines is 2. The van der Waals surface area contributed by atoms with Crippen LogP contribution in [0.25, 0.3) is 33.0 Å². The summed E-state index contributed by atoms with van der Waals surface area (Å²) in [4.78, 5) is 0. The molecule has 1 N–H and O–H groups in total. The number of hydrogen-bond acceptors (Lipinski definition) is 1. The Bertz CT molecular complexity index is 2060. The number of rotatable bonds is 5. The Hall–Kier alpha value is -5.40. The van der Waals surface area contributed by atoms with Crippen LogP contribution in [0.3, 0.4) is 0 Å². The maximum Gasteiger partial charge on any atom is 0.0714 e. The lowest BCUT2D eigenvalue weighted by atomic mass is 9.67. The lowest BCUT2D eigenvalue weighted by Crippen LogP contribution is -2.28. The molecule has 0 fully saturated rings. The normalized spacial score (nSPS) is 15.2. The van der Waals surface area contributed by atoms with E-state index in [1.165, 1.54) is 55.3 Å². The first-order valence-corrected chi connectivity index (χ1v) is 14.5. The molecule has 1 aliphatic carbocycles. The van der Waals surface area contributed by atoms with Crippen LogP contribution in [-0.2, 0) is 5.41 Å². The van der Waals surface area contributed by atoms with Gasteiger partial charge in [0, 0.05) is 16.9 Å². The first kappa shape index (κ1) is 24.4. The lowest BCUT2D eigenvalue weighted by Gasteiger charge is -2.34. The highest BCUT2D eigenvalue weighted by molar-refractivity contribution is 5.91. The van der Waals surface area contributed by atoms with Crippen LogP contribution in [0.15, 0.2) is 170 Å². The minimum absolute atomic E-state index is 0.451. The Morgan fingerprint density at radius 1 is 0.381 bits per heavy atom. The predicted molar refractivity (Wildman–Crippen MR) is 176 cm³/mol. The largest absolute Gasteiger partial charge is 0.355 e. The van der Waals surface area contributed by atoms with Crippen LogP contribution in [0, 0.1) is 0 Å². The Kier molecular flexibility index (Phi) is 5.75. The zero-order valence-corrected chi connectivity index (χ0v) is 23.2. The van der Waals surface area contributed by atoms with Crippen molar-refractivity contribution in [2.24, 2.45) is 0 Å². The van der Waals surface area contributed by atoms with Gasteiger partial charge in [-0.15, -0.1) is 0 Å². The molecule has 1 nitrogen and oxygen atoms in total. The van der Waals surface area contributed by atoms with Gasteiger partial charge in [0.05, 0.1) is 5.41 Å². The van der Waals surface area contributed by atoms with E-state index in [1.807, 2.05) is 0 Å². The van der Waals surface area contributed by atoms with E-state index in [4.69, 9.17) is 0 Å². The summed E-state index contributed by atoms with van der Waals surface area (Å²) in [5, 5.41) is 6.30. The van der Waals surface area contributed by atoms with E-state index in [-0.39, 0.29) is 0 Å². The van der Waals surface area contributed by atoms with Crippen LogP contribution in [0.5, 0.6) is 0 Å². The Morgan fingerprint density at radius 2 is 1.02 bits per heavy atom. The summed E-state index contributed by atoms with van der Waals surface area (Å²) in [6.45, 7) is 0. The third kappa shape index (κ3) is 3.78. The number of para-hydroxylation sites is 1. The zero-order valence-electron chi connectivity index (χ0n) is 23.2. The van der Waals surface area contributed by atoms with E-state index in [0.717, 1.165) is 11.4 Å². The Morgan fingerprint density at radius 3 is 1.86 bits per heavy atom. The van der Waals surface area contributed by atoms with Crippen LogP contribution in [0.2, 0.25) is 0 Å². The molecule has 0 heterocycles. The molecule has 0 radical (unpaired) electrons. The molecule has 0 spiro atoms. The van der Waals surface area contributed by atoms with Crippen molar-refractivity contribution in [2.75, 3.05) is 5.32 Å². The van der Waals surface area contributed by atoms with E-state index >= 15 is 0 Å². The summed E-state index contributed by atoms with van der Waals surface area (Å²) in [6, 6.07) is 61.6. The van der Waals surface area contributed by atoms with Crippen molar-refractivity contribution in [1.82, 2.24) is 0 Å². The van der Waals surface area contributed by atoms with Gasteiger partial charge in [-0.3, -0.25) is 0 Å². The fourth-order valence-electron chi connectivity index (χ4n) is 6.87. The molecule has 0 aromatic heterocycles. The van der Waals surface area contributed by atoms with E-state index in [9.17, 15) is 0 Å². The molecule has 0 aliphatic heterocycles. The average Bonchev–Trinajstić information content (AvgIpc) is 3.36. The van der Waals surface area contributed by atoms with Gasteiger partial charge >= 0.3 is 0 Å². The number of benzene rings is 7. The molecule has 7 aromatic carbocycles. The summed E-state index contributed by atoms with van der Waals surface area (Å²) in [5.41, 5.74) is 11.8. The van der Waals surface area contributed by atoms with Gasteiger partial charge < -0.3 is 5.32 Å². The third-order valence-corrected chi connectivity index (χ3v) is 8.72. The quantitative estimate of drug-likeness (QED) is 0.231. The SMILES string of the molecule is c1ccc(-c2ccccc2Nc2ccc3c(c2)C(c2ccccc2)(c2ccc4ccccc4c2)c2ccccc2-3)cc1. The second kappa shape index (κ2) is 9.90. The number of hydrogen-bond donors (Lipinski definition) is 1. The maximum atomic E-state index is 3.80. The van der Waals surface area contributed by atoms with Crippen LogP contribution >= 0.6 is 0 Å². The van der Waals surface area contributed by atoms with Crippen LogP contribution in [-0.4, -0.2) is 0 Å². The number of fused-ring (bicyclic) bond motifs is 4. The molecule has 1 aliphatic rings. The van der Waals surface area contributed by atoms with Crippen molar-refractivity contribution in [2.45, 2.75) is 5.41 Å². The van der Waals surface area contributed by atoms with E-state index in [2.05, 4.69) is 175 Å². The van der Waals surface area contributed by atoms with Gasteiger partial charge in [-0.05, 0) is 74.0 Å². The highest BCUT2D eigenvalue weighted by Gasteiger charge is 2.46. The van der Waals surface area contributed by atoms with Gasteiger partial charge in [-0.2, -0.15) is 0 Å². The monoisotopic (exact) mass is 535 g/mol. The first-order chi connectivity index (χ1) is 20.8. The minimum Gasteiger partial charge on any atom is -0.355 e. The van der Waals surface area contributed by atoms with Crippen molar-refractivity contribution < 1.29 is 0 Å². The lowest BCUT2D eigenvalue weighted by molar-refractivity contribution is 0.770. The summed E-state index contributed by atoms with van der Waals surface area (Å²) in [7, 11) is 0. The van der Waals surface area contributed by atoms with Crippen LogP contribution in [0.1, 0.15) is 22.3 Å². The summed E-state index contributed by atoms with van der Waals surface area (Å²) < 4.78 is 0. The summed E-state index contributed by atoms with van der Waals surface area (Å²) in [6.07, 6.45) is 0. The standard InChI is InChI=1S/C41H29N/c1-3-14-30(15-4-1)35-19-10-12-22-40(35)42-34-25-26-37-36-20-9-11-21-38(36)41(39(37)28-34,32-17-5-2-6-18-32)33-24-23-29-13-7-8-16-31(29)27-33/h1-28,42H. The number of nitrogens with one attached hydrogen (secondary N) is 1. The smallest absolute Gasteiger partial charge is 0.0714 e. The van der Waals surface area contributed by atoms with Crippen LogP contribution < -0.4 is 5.32 Å². The molecule has 0 bridgehead atoms. The second-order valence-corrected chi connectivity index (χ2v) is 11.0. The molecular weight excluding hydrogens is 506 g/mol. The molecule has 42 heavy (non-hydrogen) atoms.